The molecule has 3 heteroatoms. The number of benzene rings is 3. The minimum Gasteiger partial charge on any atom is -0.489 e. The Kier molecular flexibility index (Phi) is 5.83. The van der Waals surface area contributed by atoms with Gasteiger partial charge in [0.25, 0.3) is 0 Å². The van der Waals surface area contributed by atoms with Crippen LogP contribution in [0.25, 0.3) is 0 Å². The standard InChI is InChI=1S/C24H26N2O/c1-3-9-20(10-4-1)19-27-23-14-8-7-13-22(23)24(21-11-5-2-6-12-21)26-17-15-25-16-18-26/h1-14,24-25H,15-19H2. The minimum absolute atomic E-state index is 0.209. The molecule has 1 aliphatic rings. The molecule has 0 spiro atoms. The van der Waals surface area contributed by atoms with E-state index < -0.39 is 0 Å². The van der Waals surface area contributed by atoms with E-state index in [-0.39, 0.29) is 6.04 Å². The summed E-state index contributed by atoms with van der Waals surface area (Å²) >= 11 is 0. The zero-order valence-corrected chi connectivity index (χ0v) is 15.6. The molecule has 3 aromatic rings. The van der Waals surface area contributed by atoms with Gasteiger partial charge in [0.1, 0.15) is 12.4 Å². The van der Waals surface area contributed by atoms with Gasteiger partial charge in [-0.2, -0.15) is 0 Å². The van der Waals surface area contributed by atoms with Crippen molar-refractivity contribution in [3.05, 3.63) is 102 Å². The van der Waals surface area contributed by atoms with E-state index in [2.05, 4.69) is 89.1 Å². The van der Waals surface area contributed by atoms with Crippen LogP contribution in [-0.4, -0.2) is 31.1 Å². The molecular formula is C24H26N2O. The molecule has 27 heavy (non-hydrogen) atoms. The van der Waals surface area contributed by atoms with E-state index in [1.54, 1.807) is 0 Å². The summed E-state index contributed by atoms with van der Waals surface area (Å²) in [6.45, 7) is 4.70. The smallest absolute Gasteiger partial charge is 0.124 e. The first-order valence-electron chi connectivity index (χ1n) is 9.67. The molecule has 0 aliphatic carbocycles. The average molecular weight is 358 g/mol. The molecule has 0 aromatic heterocycles. The number of hydrogen-bond donors (Lipinski definition) is 1. The van der Waals surface area contributed by atoms with Crippen LogP contribution >= 0.6 is 0 Å². The second-order valence-electron chi connectivity index (χ2n) is 6.91. The van der Waals surface area contributed by atoms with Crippen molar-refractivity contribution in [2.75, 3.05) is 26.2 Å². The van der Waals surface area contributed by atoms with Crippen LogP contribution in [0.3, 0.4) is 0 Å². The van der Waals surface area contributed by atoms with Crippen molar-refractivity contribution in [1.29, 1.82) is 0 Å². The molecule has 4 rings (SSSR count). The van der Waals surface area contributed by atoms with Gasteiger partial charge >= 0.3 is 0 Å². The molecule has 1 atom stereocenters. The van der Waals surface area contributed by atoms with Crippen LogP contribution in [0.5, 0.6) is 5.75 Å². The Balaban J connectivity index is 1.65. The Morgan fingerprint density at radius 1 is 0.778 bits per heavy atom. The van der Waals surface area contributed by atoms with Crippen LogP contribution in [0.4, 0.5) is 0 Å². The van der Waals surface area contributed by atoms with E-state index in [4.69, 9.17) is 4.74 Å². The molecule has 138 valence electrons. The molecular weight excluding hydrogens is 332 g/mol. The summed E-state index contributed by atoms with van der Waals surface area (Å²) < 4.78 is 6.27. The van der Waals surface area contributed by atoms with Crippen molar-refractivity contribution in [2.24, 2.45) is 0 Å². The molecule has 0 radical (unpaired) electrons. The molecule has 3 aromatic carbocycles. The van der Waals surface area contributed by atoms with Crippen LogP contribution in [0.15, 0.2) is 84.9 Å². The predicted molar refractivity (Wildman–Crippen MR) is 110 cm³/mol. The van der Waals surface area contributed by atoms with Crippen LogP contribution in [0.1, 0.15) is 22.7 Å². The number of rotatable bonds is 6. The molecule has 1 N–H and O–H groups in total. The summed E-state index contributed by atoms with van der Waals surface area (Å²) in [6.07, 6.45) is 0. The topological polar surface area (TPSA) is 24.5 Å². The zero-order chi connectivity index (χ0) is 18.3. The van der Waals surface area contributed by atoms with Crippen molar-refractivity contribution in [1.82, 2.24) is 10.2 Å². The SMILES string of the molecule is c1ccc(COc2ccccc2C(c2ccccc2)N2CCNCC2)cc1. The summed E-state index contributed by atoms with van der Waals surface area (Å²) in [6, 6.07) is 29.8. The first-order valence-corrected chi connectivity index (χ1v) is 9.67. The normalized spacial score (nSPS) is 16.0. The van der Waals surface area contributed by atoms with E-state index in [9.17, 15) is 0 Å². The summed E-state index contributed by atoms with van der Waals surface area (Å²) in [7, 11) is 0. The molecule has 1 saturated heterocycles. The van der Waals surface area contributed by atoms with E-state index in [1.165, 1.54) is 16.7 Å². The van der Waals surface area contributed by atoms with Gasteiger partial charge in [-0.05, 0) is 17.2 Å². The lowest BCUT2D eigenvalue weighted by Crippen LogP contribution is -2.45. The zero-order valence-electron chi connectivity index (χ0n) is 15.6. The van der Waals surface area contributed by atoms with Gasteiger partial charge in [0.15, 0.2) is 0 Å². The molecule has 0 bridgehead atoms. The van der Waals surface area contributed by atoms with Crippen molar-refractivity contribution in [3.63, 3.8) is 0 Å². The van der Waals surface area contributed by atoms with Gasteiger partial charge in [-0.1, -0.05) is 78.9 Å². The lowest BCUT2D eigenvalue weighted by Gasteiger charge is -2.36. The number of piperazine rings is 1. The highest BCUT2D eigenvalue weighted by Crippen LogP contribution is 2.35. The highest BCUT2D eigenvalue weighted by molar-refractivity contribution is 5.42. The fourth-order valence-corrected chi connectivity index (χ4v) is 3.74. The van der Waals surface area contributed by atoms with Crippen molar-refractivity contribution in [2.45, 2.75) is 12.6 Å². The number of ether oxygens (including phenoxy) is 1. The van der Waals surface area contributed by atoms with Crippen LogP contribution in [0.2, 0.25) is 0 Å². The predicted octanol–water partition coefficient (Wildman–Crippen LogP) is 4.26. The van der Waals surface area contributed by atoms with Gasteiger partial charge in [-0.15, -0.1) is 0 Å². The second kappa shape index (κ2) is 8.85. The summed E-state index contributed by atoms with van der Waals surface area (Å²) in [5, 5.41) is 3.46. The van der Waals surface area contributed by atoms with Crippen molar-refractivity contribution >= 4 is 0 Å². The van der Waals surface area contributed by atoms with Gasteiger partial charge < -0.3 is 10.1 Å². The highest BCUT2D eigenvalue weighted by Gasteiger charge is 2.26. The van der Waals surface area contributed by atoms with Crippen molar-refractivity contribution < 1.29 is 4.74 Å². The molecule has 3 nitrogen and oxygen atoms in total. The lowest BCUT2D eigenvalue weighted by molar-refractivity contribution is 0.193. The first-order chi connectivity index (χ1) is 13.4. The maximum atomic E-state index is 6.27. The number of hydrogen-bond acceptors (Lipinski definition) is 3. The summed E-state index contributed by atoms with van der Waals surface area (Å²) in [5.74, 6) is 0.966. The van der Waals surface area contributed by atoms with Crippen LogP contribution in [0, 0.1) is 0 Å². The third-order valence-corrected chi connectivity index (χ3v) is 5.08. The molecule has 1 unspecified atom stereocenters. The Morgan fingerprint density at radius 3 is 2.15 bits per heavy atom. The minimum atomic E-state index is 0.209. The average Bonchev–Trinajstić information content (AvgIpc) is 2.76. The Labute approximate surface area is 161 Å². The maximum Gasteiger partial charge on any atom is 0.124 e. The van der Waals surface area contributed by atoms with Crippen molar-refractivity contribution in [3.8, 4) is 5.75 Å². The van der Waals surface area contributed by atoms with Gasteiger partial charge in [-0.3, -0.25) is 4.90 Å². The Bertz CT molecular complexity index is 829. The Hall–Kier alpha value is -2.62. The number of nitrogens with zero attached hydrogens (tertiary/aromatic N) is 1. The fraction of sp³-hybridized carbons (Fsp3) is 0.250. The maximum absolute atomic E-state index is 6.27. The highest BCUT2D eigenvalue weighted by atomic mass is 16.5. The summed E-state index contributed by atoms with van der Waals surface area (Å²) in [5.41, 5.74) is 3.74. The fourth-order valence-electron chi connectivity index (χ4n) is 3.74. The lowest BCUT2D eigenvalue weighted by atomic mass is 9.95. The second-order valence-corrected chi connectivity index (χ2v) is 6.91. The van der Waals surface area contributed by atoms with Gasteiger partial charge in [0.2, 0.25) is 0 Å². The van der Waals surface area contributed by atoms with Gasteiger partial charge in [-0.25, -0.2) is 0 Å². The van der Waals surface area contributed by atoms with E-state index in [0.717, 1.165) is 31.9 Å². The quantitative estimate of drug-likeness (QED) is 0.712. The third-order valence-electron chi connectivity index (χ3n) is 5.08. The largest absolute Gasteiger partial charge is 0.489 e. The third kappa shape index (κ3) is 4.38. The summed E-state index contributed by atoms with van der Waals surface area (Å²) in [4.78, 5) is 2.55. The molecule has 1 aliphatic heterocycles. The molecule has 0 amide bonds. The number of para-hydroxylation sites is 1. The molecule has 1 heterocycles. The first kappa shape index (κ1) is 17.8. The van der Waals surface area contributed by atoms with Crippen LogP contribution in [-0.2, 0) is 6.61 Å². The van der Waals surface area contributed by atoms with Gasteiger partial charge in [0, 0.05) is 31.7 Å². The molecule has 0 saturated carbocycles. The molecule has 1 fully saturated rings. The Morgan fingerprint density at radius 2 is 1.41 bits per heavy atom. The van der Waals surface area contributed by atoms with E-state index in [1.807, 2.05) is 6.07 Å². The van der Waals surface area contributed by atoms with E-state index >= 15 is 0 Å². The van der Waals surface area contributed by atoms with Crippen LogP contribution < -0.4 is 10.1 Å². The number of nitrogens with one attached hydrogen (secondary N) is 1. The van der Waals surface area contributed by atoms with Gasteiger partial charge in [0.05, 0.1) is 6.04 Å². The monoisotopic (exact) mass is 358 g/mol. The van der Waals surface area contributed by atoms with E-state index in [0.29, 0.717) is 6.61 Å².